The maximum Gasteiger partial charge on any atom is 0.322 e. The van der Waals surface area contributed by atoms with Crippen LogP contribution in [0.3, 0.4) is 0 Å². The summed E-state index contributed by atoms with van der Waals surface area (Å²) in [5.74, 6) is -0.912. The molecular formula is C23H31ClFN3O5S. The summed E-state index contributed by atoms with van der Waals surface area (Å²) in [6, 6.07) is 10.6. The van der Waals surface area contributed by atoms with Crippen molar-refractivity contribution in [3.8, 4) is 0 Å². The molecule has 0 aliphatic rings. The number of halogens is 2. The molecule has 3 atom stereocenters. The Balaban J connectivity index is 2.15. The SMILES string of the molecule is CO[C@@H](CN(C)S(=O)(=O)c1cccc(Cl)c1)[C@H](C)CN(C(=O)Nc1ccccc1F)[C@@H](C)CO. The van der Waals surface area contributed by atoms with Gasteiger partial charge >= 0.3 is 6.03 Å². The zero-order chi connectivity index (χ0) is 25.5. The number of rotatable bonds is 11. The first-order chi connectivity index (χ1) is 16.0. The van der Waals surface area contributed by atoms with Gasteiger partial charge in [-0.25, -0.2) is 17.6 Å². The highest BCUT2D eigenvalue weighted by molar-refractivity contribution is 7.89. The highest BCUT2D eigenvalue weighted by Crippen LogP contribution is 2.21. The molecule has 8 nitrogen and oxygen atoms in total. The number of benzene rings is 2. The number of aliphatic hydroxyl groups is 1. The van der Waals surface area contributed by atoms with E-state index >= 15 is 0 Å². The molecule has 2 aromatic rings. The van der Waals surface area contributed by atoms with Crippen LogP contribution in [0.15, 0.2) is 53.4 Å². The smallest absolute Gasteiger partial charge is 0.322 e. The molecule has 2 N–H and O–H groups in total. The van der Waals surface area contributed by atoms with Crippen molar-refractivity contribution in [1.29, 1.82) is 0 Å². The van der Waals surface area contributed by atoms with Crippen molar-refractivity contribution in [1.82, 2.24) is 9.21 Å². The zero-order valence-electron chi connectivity index (χ0n) is 19.6. The van der Waals surface area contributed by atoms with Crippen molar-refractivity contribution >= 4 is 33.3 Å². The van der Waals surface area contributed by atoms with Crippen molar-refractivity contribution < 1.29 is 27.4 Å². The van der Waals surface area contributed by atoms with Crippen molar-refractivity contribution in [2.75, 3.05) is 39.2 Å². The highest BCUT2D eigenvalue weighted by atomic mass is 35.5. The lowest BCUT2D eigenvalue weighted by molar-refractivity contribution is 0.0305. The lowest BCUT2D eigenvalue weighted by atomic mass is 10.0. The Bertz CT molecular complexity index is 1070. The highest BCUT2D eigenvalue weighted by Gasteiger charge is 2.30. The second-order valence-electron chi connectivity index (χ2n) is 8.09. The van der Waals surface area contributed by atoms with E-state index in [4.69, 9.17) is 16.3 Å². The minimum atomic E-state index is -3.82. The van der Waals surface area contributed by atoms with Gasteiger partial charge in [0, 0.05) is 38.2 Å². The average molecular weight is 516 g/mol. The molecule has 0 aliphatic carbocycles. The Morgan fingerprint density at radius 2 is 1.85 bits per heavy atom. The molecule has 0 unspecified atom stereocenters. The van der Waals surface area contributed by atoms with Gasteiger partial charge in [-0.3, -0.25) is 0 Å². The van der Waals surface area contributed by atoms with E-state index in [1.165, 1.54) is 53.7 Å². The van der Waals surface area contributed by atoms with Gasteiger partial charge in [-0.05, 0) is 37.3 Å². The maximum atomic E-state index is 14.0. The first kappa shape index (κ1) is 28.0. The molecular weight excluding hydrogens is 485 g/mol. The number of likely N-dealkylation sites (N-methyl/N-ethyl adjacent to an activating group) is 1. The molecule has 0 heterocycles. The average Bonchev–Trinajstić information content (AvgIpc) is 2.81. The van der Waals surface area contributed by atoms with Crippen molar-refractivity contribution in [2.24, 2.45) is 5.92 Å². The van der Waals surface area contributed by atoms with Crippen LogP contribution in [0.5, 0.6) is 0 Å². The number of nitrogens with one attached hydrogen (secondary N) is 1. The second kappa shape index (κ2) is 12.5. The molecule has 0 radical (unpaired) electrons. The molecule has 0 saturated heterocycles. The third kappa shape index (κ3) is 7.13. The third-order valence-corrected chi connectivity index (χ3v) is 7.59. The van der Waals surface area contributed by atoms with Gasteiger partial charge in [-0.15, -0.1) is 0 Å². The lowest BCUT2D eigenvalue weighted by Gasteiger charge is -2.34. The molecule has 2 aromatic carbocycles. The van der Waals surface area contributed by atoms with Crippen LogP contribution in [0.25, 0.3) is 0 Å². The minimum Gasteiger partial charge on any atom is -0.394 e. The Kier molecular flexibility index (Phi) is 10.3. The zero-order valence-corrected chi connectivity index (χ0v) is 21.2. The predicted octanol–water partition coefficient (Wildman–Crippen LogP) is 3.67. The van der Waals surface area contributed by atoms with Gasteiger partial charge in [0.15, 0.2) is 0 Å². The fourth-order valence-electron chi connectivity index (χ4n) is 3.38. The van der Waals surface area contributed by atoms with Crippen LogP contribution < -0.4 is 5.32 Å². The number of amides is 2. The Morgan fingerprint density at radius 3 is 2.44 bits per heavy atom. The van der Waals surface area contributed by atoms with E-state index in [9.17, 15) is 22.7 Å². The normalized spacial score (nSPS) is 14.5. The molecule has 11 heteroatoms. The number of nitrogens with zero attached hydrogens (tertiary/aromatic N) is 2. The molecule has 188 valence electrons. The number of hydrogen-bond donors (Lipinski definition) is 2. The summed E-state index contributed by atoms with van der Waals surface area (Å²) in [5, 5.41) is 12.5. The maximum absolute atomic E-state index is 14.0. The first-order valence-electron chi connectivity index (χ1n) is 10.7. The number of methoxy groups -OCH3 is 1. The van der Waals surface area contributed by atoms with E-state index in [0.717, 1.165) is 0 Å². The van der Waals surface area contributed by atoms with Crippen molar-refractivity contribution in [2.45, 2.75) is 30.9 Å². The summed E-state index contributed by atoms with van der Waals surface area (Å²) in [4.78, 5) is 14.3. The molecule has 2 rings (SSSR count). The van der Waals surface area contributed by atoms with Gasteiger partial charge in [0.1, 0.15) is 5.82 Å². The Labute approximate surface area is 205 Å². The molecule has 2 amide bonds. The number of ether oxygens (including phenoxy) is 1. The van der Waals surface area contributed by atoms with Crippen LogP contribution in [0.1, 0.15) is 13.8 Å². The fraction of sp³-hybridized carbons (Fsp3) is 0.435. The summed E-state index contributed by atoms with van der Waals surface area (Å²) in [6.07, 6.45) is -0.575. The van der Waals surface area contributed by atoms with Gasteiger partial charge in [0.05, 0.1) is 29.3 Å². The number of urea groups is 1. The predicted molar refractivity (Wildman–Crippen MR) is 130 cm³/mol. The summed E-state index contributed by atoms with van der Waals surface area (Å²) in [5.41, 5.74) is 0.0194. The number of sulfonamides is 1. The summed E-state index contributed by atoms with van der Waals surface area (Å²) in [6.45, 7) is 3.30. The molecule has 0 fully saturated rings. The van der Waals surface area contributed by atoms with Crippen molar-refractivity contribution in [3.63, 3.8) is 0 Å². The van der Waals surface area contributed by atoms with Gasteiger partial charge in [-0.1, -0.05) is 36.7 Å². The second-order valence-corrected chi connectivity index (χ2v) is 10.6. The van der Waals surface area contributed by atoms with E-state index in [-0.39, 0.29) is 36.2 Å². The molecule has 0 saturated carbocycles. The van der Waals surface area contributed by atoms with Crippen LogP contribution in [-0.2, 0) is 14.8 Å². The van der Waals surface area contributed by atoms with Crippen LogP contribution in [0.2, 0.25) is 5.02 Å². The minimum absolute atomic E-state index is 0.0167. The first-order valence-corrected chi connectivity index (χ1v) is 12.5. The van der Waals surface area contributed by atoms with E-state index in [0.29, 0.717) is 5.02 Å². The summed E-state index contributed by atoms with van der Waals surface area (Å²) in [7, 11) is -0.920. The largest absolute Gasteiger partial charge is 0.394 e. The standard InChI is InChI=1S/C23H31ClFN3O5S/c1-16(13-28(17(2)15-29)23(30)26-21-11-6-5-10-20(21)25)22(33-4)14-27(3)34(31,32)19-9-7-8-18(24)12-19/h5-12,16-17,22,29H,13-15H2,1-4H3,(H,26,30)/t16-,17+,22+/m1/s1. The quantitative estimate of drug-likeness (QED) is 0.476. The monoisotopic (exact) mass is 515 g/mol. The van der Waals surface area contributed by atoms with E-state index in [1.807, 2.05) is 6.92 Å². The van der Waals surface area contributed by atoms with Crippen LogP contribution in [-0.4, -0.2) is 74.8 Å². The fourth-order valence-corrected chi connectivity index (χ4v) is 4.87. The Hall–Kier alpha value is -2.24. The Morgan fingerprint density at radius 1 is 1.18 bits per heavy atom. The van der Waals surface area contributed by atoms with Crippen LogP contribution in [0.4, 0.5) is 14.9 Å². The number of anilines is 1. The van der Waals surface area contributed by atoms with Gasteiger partial charge < -0.3 is 20.1 Å². The molecule has 0 bridgehead atoms. The number of aliphatic hydroxyl groups excluding tert-OH is 1. The van der Waals surface area contributed by atoms with E-state index in [2.05, 4.69) is 5.32 Å². The van der Waals surface area contributed by atoms with Gasteiger partial charge in [0.2, 0.25) is 10.0 Å². The summed E-state index contributed by atoms with van der Waals surface area (Å²) >= 11 is 5.94. The van der Waals surface area contributed by atoms with Gasteiger partial charge in [-0.2, -0.15) is 4.31 Å². The van der Waals surface area contributed by atoms with Crippen LogP contribution >= 0.6 is 11.6 Å². The molecule has 0 aliphatic heterocycles. The number of hydrogen-bond acceptors (Lipinski definition) is 5. The third-order valence-electron chi connectivity index (χ3n) is 5.54. The molecule has 0 spiro atoms. The number of carbonyl (C=O) groups excluding carboxylic acids is 1. The summed E-state index contributed by atoms with van der Waals surface area (Å²) < 4.78 is 46.6. The topological polar surface area (TPSA) is 99.2 Å². The van der Waals surface area contributed by atoms with Crippen LogP contribution in [0, 0.1) is 11.7 Å². The molecule has 34 heavy (non-hydrogen) atoms. The molecule has 0 aromatic heterocycles. The van der Waals surface area contributed by atoms with E-state index < -0.39 is 34.0 Å². The van der Waals surface area contributed by atoms with Crippen molar-refractivity contribution in [3.05, 3.63) is 59.4 Å². The lowest BCUT2D eigenvalue weighted by Crippen LogP contribution is -2.49. The number of para-hydroxylation sites is 1. The number of carbonyl (C=O) groups is 1. The van der Waals surface area contributed by atoms with Gasteiger partial charge in [0.25, 0.3) is 0 Å². The van der Waals surface area contributed by atoms with E-state index in [1.54, 1.807) is 25.1 Å².